The standard InChI is InChI=1S/C52H36N2O/c1-4-13-35(14-5-1)36-25-29-41(30-26-36)48-34-47(40-17-8-3-9-18-40)53-52(54-48)45-21-12-22-50-51(45)46-33-42(31-32-49(46)55-50)37-23-27-39(28-24-37)44-20-11-10-19-43(44)38-15-6-2-7-16-38/h1-34,48H,(H,53,54). The molecule has 0 saturated heterocycles. The molecule has 1 aliphatic heterocycles. The second-order valence-electron chi connectivity index (χ2n) is 14.0. The maximum Gasteiger partial charge on any atom is 0.136 e. The average Bonchev–Trinajstić information content (AvgIpc) is 3.66. The zero-order valence-corrected chi connectivity index (χ0v) is 30.1. The number of benzene rings is 8. The van der Waals surface area contributed by atoms with E-state index in [-0.39, 0.29) is 6.04 Å². The van der Waals surface area contributed by atoms with E-state index in [0.717, 1.165) is 55.7 Å². The highest BCUT2D eigenvalue weighted by atomic mass is 16.3. The first-order chi connectivity index (χ1) is 27.2. The van der Waals surface area contributed by atoms with Gasteiger partial charge in [-0.1, -0.05) is 182 Å². The van der Waals surface area contributed by atoms with Crippen LogP contribution in [-0.4, -0.2) is 5.84 Å². The Hall–Kier alpha value is -7.23. The molecule has 0 aliphatic carbocycles. The Morgan fingerprint density at radius 2 is 0.909 bits per heavy atom. The fourth-order valence-electron chi connectivity index (χ4n) is 7.79. The minimum absolute atomic E-state index is 0.0814. The summed E-state index contributed by atoms with van der Waals surface area (Å²) in [4.78, 5) is 5.27. The van der Waals surface area contributed by atoms with Crippen molar-refractivity contribution in [1.29, 1.82) is 0 Å². The van der Waals surface area contributed by atoms with Gasteiger partial charge in [-0.3, -0.25) is 0 Å². The molecule has 1 N–H and O–H groups in total. The maximum absolute atomic E-state index is 6.49. The number of hydrogen-bond acceptors (Lipinski definition) is 3. The lowest BCUT2D eigenvalue weighted by Gasteiger charge is -2.25. The van der Waals surface area contributed by atoms with E-state index in [1.54, 1.807) is 0 Å². The molecule has 0 radical (unpaired) electrons. The van der Waals surface area contributed by atoms with Crippen LogP contribution in [0.15, 0.2) is 216 Å². The van der Waals surface area contributed by atoms with Crippen molar-refractivity contribution < 1.29 is 4.42 Å². The second-order valence-corrected chi connectivity index (χ2v) is 14.0. The third kappa shape index (κ3) is 6.22. The second kappa shape index (κ2) is 14.0. The van der Waals surface area contributed by atoms with E-state index in [2.05, 4.69) is 206 Å². The molecule has 1 aromatic heterocycles. The Morgan fingerprint density at radius 1 is 0.400 bits per heavy atom. The molecule has 9 aromatic rings. The Kier molecular flexibility index (Phi) is 8.23. The lowest BCUT2D eigenvalue weighted by Crippen LogP contribution is -2.31. The number of furan rings is 1. The molecule has 0 fully saturated rings. The lowest BCUT2D eigenvalue weighted by atomic mass is 9.93. The summed E-state index contributed by atoms with van der Waals surface area (Å²) in [5.74, 6) is 0.818. The van der Waals surface area contributed by atoms with Gasteiger partial charge in [-0.25, -0.2) is 4.99 Å². The quantitative estimate of drug-likeness (QED) is 0.179. The van der Waals surface area contributed by atoms with Crippen LogP contribution in [0.3, 0.4) is 0 Å². The van der Waals surface area contributed by atoms with Gasteiger partial charge in [0.1, 0.15) is 17.0 Å². The number of nitrogens with one attached hydrogen (secondary N) is 1. The van der Waals surface area contributed by atoms with Gasteiger partial charge in [-0.05, 0) is 79.9 Å². The molecule has 0 bridgehead atoms. The average molecular weight is 705 g/mol. The first-order valence-electron chi connectivity index (χ1n) is 18.7. The van der Waals surface area contributed by atoms with Crippen molar-refractivity contribution in [3.05, 3.63) is 223 Å². The molecule has 260 valence electrons. The van der Waals surface area contributed by atoms with Crippen molar-refractivity contribution in [2.75, 3.05) is 0 Å². The van der Waals surface area contributed by atoms with Crippen LogP contribution in [-0.2, 0) is 0 Å². The molecule has 0 spiro atoms. The van der Waals surface area contributed by atoms with Crippen molar-refractivity contribution in [2.45, 2.75) is 6.04 Å². The number of nitrogens with zero attached hydrogens (tertiary/aromatic N) is 1. The summed E-state index contributed by atoms with van der Waals surface area (Å²) in [6.07, 6.45) is 2.23. The summed E-state index contributed by atoms with van der Waals surface area (Å²) in [6.45, 7) is 0. The van der Waals surface area contributed by atoms with Gasteiger partial charge in [0.25, 0.3) is 0 Å². The molecular weight excluding hydrogens is 669 g/mol. The summed E-state index contributed by atoms with van der Waals surface area (Å²) in [5, 5.41) is 5.92. The van der Waals surface area contributed by atoms with Gasteiger partial charge in [0.2, 0.25) is 0 Å². The van der Waals surface area contributed by atoms with Crippen LogP contribution < -0.4 is 5.32 Å². The first-order valence-corrected chi connectivity index (χ1v) is 18.7. The molecule has 2 heterocycles. The number of hydrogen-bond donors (Lipinski definition) is 1. The summed E-state index contributed by atoms with van der Waals surface area (Å²) >= 11 is 0. The van der Waals surface area contributed by atoms with Crippen molar-refractivity contribution in [2.24, 2.45) is 4.99 Å². The molecule has 0 saturated carbocycles. The zero-order valence-electron chi connectivity index (χ0n) is 30.1. The van der Waals surface area contributed by atoms with E-state index in [1.165, 1.54) is 38.9 Å². The van der Waals surface area contributed by atoms with Crippen LogP contribution in [0.25, 0.3) is 72.1 Å². The van der Waals surface area contributed by atoms with Crippen LogP contribution in [0.4, 0.5) is 0 Å². The van der Waals surface area contributed by atoms with E-state index in [0.29, 0.717) is 0 Å². The lowest BCUT2D eigenvalue weighted by molar-refractivity contribution is 0.669. The smallest absolute Gasteiger partial charge is 0.136 e. The molecule has 1 aliphatic rings. The normalized spacial score (nSPS) is 14.0. The van der Waals surface area contributed by atoms with E-state index >= 15 is 0 Å². The van der Waals surface area contributed by atoms with Gasteiger partial charge in [-0.2, -0.15) is 0 Å². The third-order valence-electron chi connectivity index (χ3n) is 10.6. The van der Waals surface area contributed by atoms with Crippen LogP contribution in [0.5, 0.6) is 0 Å². The molecule has 3 heteroatoms. The van der Waals surface area contributed by atoms with Gasteiger partial charge in [0.05, 0.1) is 11.7 Å². The summed E-state index contributed by atoms with van der Waals surface area (Å²) in [6, 6.07) is 70.5. The molecular formula is C52H36N2O. The zero-order chi connectivity index (χ0) is 36.6. The number of rotatable bonds is 7. The van der Waals surface area contributed by atoms with E-state index in [9.17, 15) is 0 Å². The molecule has 55 heavy (non-hydrogen) atoms. The number of amidine groups is 1. The Bertz CT molecular complexity index is 2850. The fraction of sp³-hybridized carbons (Fsp3) is 0.0192. The predicted molar refractivity (Wildman–Crippen MR) is 229 cm³/mol. The van der Waals surface area contributed by atoms with Crippen molar-refractivity contribution in [3.8, 4) is 44.5 Å². The topological polar surface area (TPSA) is 37.5 Å². The molecule has 10 rings (SSSR count). The minimum Gasteiger partial charge on any atom is -0.456 e. The maximum atomic E-state index is 6.49. The van der Waals surface area contributed by atoms with Crippen LogP contribution in [0.2, 0.25) is 0 Å². The molecule has 8 aromatic carbocycles. The van der Waals surface area contributed by atoms with Crippen molar-refractivity contribution in [3.63, 3.8) is 0 Å². The van der Waals surface area contributed by atoms with Gasteiger partial charge in [0.15, 0.2) is 0 Å². The summed E-state index contributed by atoms with van der Waals surface area (Å²) < 4.78 is 6.49. The minimum atomic E-state index is -0.0814. The molecule has 1 atom stereocenters. The first kappa shape index (κ1) is 32.4. The Balaban J connectivity index is 1.03. The summed E-state index contributed by atoms with van der Waals surface area (Å²) in [7, 11) is 0. The summed E-state index contributed by atoms with van der Waals surface area (Å²) in [5.41, 5.74) is 15.4. The predicted octanol–water partition coefficient (Wildman–Crippen LogP) is 13.4. The highest BCUT2D eigenvalue weighted by Crippen LogP contribution is 2.38. The van der Waals surface area contributed by atoms with Gasteiger partial charge < -0.3 is 9.73 Å². The molecule has 1 unspecified atom stereocenters. The van der Waals surface area contributed by atoms with Crippen LogP contribution in [0, 0.1) is 0 Å². The van der Waals surface area contributed by atoms with Crippen molar-refractivity contribution in [1.82, 2.24) is 5.32 Å². The largest absolute Gasteiger partial charge is 0.456 e. The Labute approximate surface area is 320 Å². The van der Waals surface area contributed by atoms with E-state index in [1.807, 2.05) is 6.07 Å². The van der Waals surface area contributed by atoms with Gasteiger partial charge in [0, 0.05) is 16.3 Å². The Morgan fingerprint density at radius 3 is 1.60 bits per heavy atom. The van der Waals surface area contributed by atoms with Crippen LogP contribution in [0.1, 0.15) is 22.7 Å². The monoisotopic (exact) mass is 704 g/mol. The van der Waals surface area contributed by atoms with Gasteiger partial charge >= 0.3 is 0 Å². The van der Waals surface area contributed by atoms with Crippen LogP contribution >= 0.6 is 0 Å². The molecule has 3 nitrogen and oxygen atoms in total. The van der Waals surface area contributed by atoms with Crippen molar-refractivity contribution >= 4 is 33.5 Å². The molecule has 0 amide bonds. The fourth-order valence-corrected chi connectivity index (χ4v) is 7.79. The number of fused-ring (bicyclic) bond motifs is 3. The van der Waals surface area contributed by atoms with E-state index < -0.39 is 0 Å². The highest BCUT2D eigenvalue weighted by molar-refractivity contribution is 6.19. The van der Waals surface area contributed by atoms with Gasteiger partial charge in [-0.15, -0.1) is 0 Å². The highest BCUT2D eigenvalue weighted by Gasteiger charge is 2.23. The SMILES string of the molecule is C1=C(c2ccccc2)N=C(c2cccc3oc4ccc(-c5ccc(-c6ccccc6-c6ccccc6)cc5)cc4c23)NC1c1ccc(-c2ccccc2)cc1. The number of aliphatic imine (C=N–C) groups is 1. The third-order valence-corrected chi connectivity index (χ3v) is 10.6. The van der Waals surface area contributed by atoms with E-state index in [4.69, 9.17) is 9.41 Å².